The third-order valence-electron chi connectivity index (χ3n) is 2.96. The molecule has 22 heavy (non-hydrogen) atoms. The SMILES string of the molecule is N#Cc1cc(C(F)(F)F)ccc1C=Cc1ccc(O)c(O)c1. The molecule has 0 spiro atoms. The van der Waals surface area contributed by atoms with Crippen LogP contribution in [0.2, 0.25) is 0 Å². The van der Waals surface area contributed by atoms with E-state index in [1.54, 1.807) is 6.07 Å². The molecule has 3 nitrogen and oxygen atoms in total. The Bertz CT molecular complexity index is 774. The molecule has 0 unspecified atom stereocenters. The molecule has 2 aromatic carbocycles. The molecule has 112 valence electrons. The Kier molecular flexibility index (Phi) is 4.08. The van der Waals surface area contributed by atoms with E-state index in [1.165, 1.54) is 36.4 Å². The second-order valence-corrected chi connectivity index (χ2v) is 4.49. The molecule has 2 N–H and O–H groups in total. The zero-order chi connectivity index (χ0) is 16.3. The van der Waals surface area contributed by atoms with E-state index < -0.39 is 11.7 Å². The molecule has 0 aromatic heterocycles. The first-order valence-electron chi connectivity index (χ1n) is 6.12. The molecule has 0 aliphatic carbocycles. The van der Waals surface area contributed by atoms with Crippen molar-refractivity contribution in [1.29, 1.82) is 5.26 Å². The third kappa shape index (κ3) is 3.38. The molecule has 0 saturated heterocycles. The summed E-state index contributed by atoms with van der Waals surface area (Å²) >= 11 is 0. The molecule has 0 fully saturated rings. The van der Waals surface area contributed by atoms with Crippen LogP contribution in [-0.4, -0.2) is 10.2 Å². The Morgan fingerprint density at radius 3 is 2.27 bits per heavy atom. The van der Waals surface area contributed by atoms with E-state index in [-0.39, 0.29) is 17.1 Å². The van der Waals surface area contributed by atoms with Crippen LogP contribution < -0.4 is 0 Å². The number of aromatic hydroxyl groups is 2. The van der Waals surface area contributed by atoms with Gasteiger partial charge in [0.2, 0.25) is 0 Å². The molecule has 0 aliphatic heterocycles. The van der Waals surface area contributed by atoms with E-state index in [2.05, 4.69) is 0 Å². The van der Waals surface area contributed by atoms with Crippen molar-refractivity contribution in [2.75, 3.05) is 0 Å². The third-order valence-corrected chi connectivity index (χ3v) is 2.96. The first kappa shape index (κ1) is 15.4. The maximum atomic E-state index is 12.6. The van der Waals surface area contributed by atoms with Crippen LogP contribution in [0.3, 0.4) is 0 Å². The predicted octanol–water partition coefficient (Wildman–Crippen LogP) is 4.16. The molecule has 6 heteroatoms. The molecule has 0 saturated carbocycles. The van der Waals surface area contributed by atoms with Gasteiger partial charge in [0.25, 0.3) is 0 Å². The number of alkyl halides is 3. The predicted molar refractivity (Wildman–Crippen MR) is 74.9 cm³/mol. The first-order valence-corrected chi connectivity index (χ1v) is 6.12. The molecule has 2 aromatic rings. The molecule has 0 amide bonds. The minimum atomic E-state index is -4.50. The van der Waals surface area contributed by atoms with Gasteiger partial charge in [0, 0.05) is 0 Å². The van der Waals surface area contributed by atoms with E-state index >= 15 is 0 Å². The van der Waals surface area contributed by atoms with Gasteiger partial charge in [-0.2, -0.15) is 18.4 Å². The van der Waals surface area contributed by atoms with Gasteiger partial charge in [-0.1, -0.05) is 24.3 Å². The zero-order valence-corrected chi connectivity index (χ0v) is 11.1. The number of halogens is 3. The monoisotopic (exact) mass is 305 g/mol. The van der Waals surface area contributed by atoms with Crippen LogP contribution in [0.5, 0.6) is 11.5 Å². The highest BCUT2D eigenvalue weighted by molar-refractivity contribution is 5.73. The van der Waals surface area contributed by atoms with Crippen LogP contribution >= 0.6 is 0 Å². The zero-order valence-electron chi connectivity index (χ0n) is 11.1. The minimum Gasteiger partial charge on any atom is -0.504 e. The minimum absolute atomic E-state index is 0.103. The van der Waals surface area contributed by atoms with Crippen molar-refractivity contribution in [2.24, 2.45) is 0 Å². The Hall–Kier alpha value is -2.94. The molecule has 0 bridgehead atoms. The fourth-order valence-electron chi connectivity index (χ4n) is 1.80. The number of benzene rings is 2. The summed E-state index contributed by atoms with van der Waals surface area (Å²) < 4.78 is 37.8. The van der Waals surface area contributed by atoms with Crippen molar-refractivity contribution in [3.8, 4) is 17.6 Å². The Labute approximate surface area is 124 Å². The van der Waals surface area contributed by atoms with Crippen LogP contribution in [0.15, 0.2) is 36.4 Å². The normalized spacial score (nSPS) is 11.5. The van der Waals surface area contributed by atoms with Gasteiger partial charge < -0.3 is 10.2 Å². The number of nitrogens with zero attached hydrogens (tertiary/aromatic N) is 1. The number of rotatable bonds is 2. The maximum Gasteiger partial charge on any atom is 0.416 e. The number of nitriles is 1. The summed E-state index contributed by atoms with van der Waals surface area (Å²) in [5.41, 5.74) is -0.139. The van der Waals surface area contributed by atoms with Gasteiger partial charge in [0.1, 0.15) is 0 Å². The van der Waals surface area contributed by atoms with Gasteiger partial charge in [-0.15, -0.1) is 0 Å². The topological polar surface area (TPSA) is 64.2 Å². The molecule has 0 atom stereocenters. The van der Waals surface area contributed by atoms with Gasteiger partial charge in [-0.3, -0.25) is 0 Å². The van der Waals surface area contributed by atoms with Crippen molar-refractivity contribution in [3.05, 3.63) is 58.7 Å². The van der Waals surface area contributed by atoms with E-state index in [0.717, 1.165) is 12.1 Å². The average molecular weight is 305 g/mol. The van der Waals surface area contributed by atoms with Crippen LogP contribution in [-0.2, 0) is 6.18 Å². The van der Waals surface area contributed by atoms with Crippen molar-refractivity contribution in [2.45, 2.75) is 6.18 Å². The molecular formula is C16H10F3NO2. The largest absolute Gasteiger partial charge is 0.504 e. The number of phenolic OH excluding ortho intramolecular Hbond substituents is 2. The lowest BCUT2D eigenvalue weighted by Crippen LogP contribution is -2.05. The van der Waals surface area contributed by atoms with Crippen molar-refractivity contribution >= 4 is 12.2 Å². The first-order chi connectivity index (χ1) is 10.3. The summed E-state index contributed by atoms with van der Waals surface area (Å²) in [4.78, 5) is 0. The lowest BCUT2D eigenvalue weighted by atomic mass is 10.0. The van der Waals surface area contributed by atoms with Gasteiger partial charge >= 0.3 is 6.18 Å². The number of hydrogen-bond acceptors (Lipinski definition) is 3. The van der Waals surface area contributed by atoms with Crippen molar-refractivity contribution in [1.82, 2.24) is 0 Å². The fraction of sp³-hybridized carbons (Fsp3) is 0.0625. The quantitative estimate of drug-likeness (QED) is 0.647. The van der Waals surface area contributed by atoms with Crippen LogP contribution in [0, 0.1) is 11.3 Å². The molecule has 0 heterocycles. The Morgan fingerprint density at radius 2 is 1.68 bits per heavy atom. The second kappa shape index (κ2) is 5.82. The van der Waals surface area contributed by atoms with Crippen molar-refractivity contribution < 1.29 is 23.4 Å². The molecular weight excluding hydrogens is 295 g/mol. The van der Waals surface area contributed by atoms with Crippen molar-refractivity contribution in [3.63, 3.8) is 0 Å². The van der Waals surface area contributed by atoms with Gasteiger partial charge in [-0.25, -0.2) is 0 Å². The molecule has 2 rings (SSSR count). The summed E-state index contributed by atoms with van der Waals surface area (Å²) in [5, 5.41) is 27.5. The highest BCUT2D eigenvalue weighted by atomic mass is 19.4. The highest BCUT2D eigenvalue weighted by Gasteiger charge is 2.30. The summed E-state index contributed by atoms with van der Waals surface area (Å²) in [6.07, 6.45) is -1.52. The fourth-order valence-corrected chi connectivity index (χ4v) is 1.80. The standard InChI is InChI=1S/C16H10F3NO2/c17-16(18,19)13-5-4-11(12(8-13)9-20)3-1-10-2-6-14(21)15(22)7-10/h1-8,21-22H. The molecule has 0 aliphatic rings. The Morgan fingerprint density at radius 1 is 0.955 bits per heavy atom. The summed E-state index contributed by atoms with van der Waals surface area (Å²) in [5.74, 6) is -0.584. The van der Waals surface area contributed by atoms with Crippen LogP contribution in [0.25, 0.3) is 12.2 Å². The maximum absolute atomic E-state index is 12.6. The average Bonchev–Trinajstić information content (AvgIpc) is 2.47. The molecule has 0 radical (unpaired) electrons. The van der Waals surface area contributed by atoms with Crippen LogP contribution in [0.1, 0.15) is 22.3 Å². The second-order valence-electron chi connectivity index (χ2n) is 4.49. The van der Waals surface area contributed by atoms with Gasteiger partial charge in [-0.05, 0) is 35.4 Å². The summed E-state index contributed by atoms with van der Waals surface area (Å²) in [6.45, 7) is 0. The number of hydrogen-bond donors (Lipinski definition) is 2. The van der Waals surface area contributed by atoms with E-state index in [0.29, 0.717) is 11.1 Å². The highest BCUT2D eigenvalue weighted by Crippen LogP contribution is 2.31. The van der Waals surface area contributed by atoms with Gasteiger partial charge in [0.15, 0.2) is 11.5 Å². The van der Waals surface area contributed by atoms with Crippen LogP contribution in [0.4, 0.5) is 13.2 Å². The summed E-state index contributed by atoms with van der Waals surface area (Å²) in [6, 6.07) is 8.71. The number of phenols is 2. The lowest BCUT2D eigenvalue weighted by Gasteiger charge is -2.07. The van der Waals surface area contributed by atoms with E-state index in [4.69, 9.17) is 5.26 Å². The Balaban J connectivity index is 2.35. The summed E-state index contributed by atoms with van der Waals surface area (Å²) in [7, 11) is 0. The lowest BCUT2D eigenvalue weighted by molar-refractivity contribution is -0.137. The van der Waals surface area contributed by atoms with E-state index in [9.17, 15) is 23.4 Å². The van der Waals surface area contributed by atoms with E-state index in [1.807, 2.05) is 0 Å². The van der Waals surface area contributed by atoms with Gasteiger partial charge in [0.05, 0.1) is 17.2 Å². The smallest absolute Gasteiger partial charge is 0.416 e.